The van der Waals surface area contributed by atoms with Gasteiger partial charge in [0.2, 0.25) is 0 Å². The maximum atomic E-state index is 12.2. The lowest BCUT2D eigenvalue weighted by atomic mass is 10.1. The second-order valence-electron chi connectivity index (χ2n) is 7.65. The summed E-state index contributed by atoms with van der Waals surface area (Å²) >= 11 is 0. The number of benzene rings is 1. The molecule has 27 heavy (non-hydrogen) atoms. The highest BCUT2D eigenvalue weighted by molar-refractivity contribution is 5.94. The second-order valence-corrected chi connectivity index (χ2v) is 7.65. The Kier molecular flexibility index (Phi) is 7.47. The van der Waals surface area contributed by atoms with Crippen molar-refractivity contribution in [3.8, 4) is 0 Å². The fraction of sp³-hybridized carbons (Fsp3) is 0.600. The van der Waals surface area contributed by atoms with Gasteiger partial charge in [-0.2, -0.15) is 0 Å². The van der Waals surface area contributed by atoms with Crippen molar-refractivity contribution in [2.75, 3.05) is 50.7 Å². The van der Waals surface area contributed by atoms with Crippen molar-refractivity contribution in [2.45, 2.75) is 33.3 Å². The Morgan fingerprint density at radius 2 is 1.59 bits per heavy atom. The first-order valence-electron chi connectivity index (χ1n) is 9.61. The third-order valence-corrected chi connectivity index (χ3v) is 4.39. The number of alkyl carbamates (subject to hydrolysis) is 1. The molecule has 1 fully saturated rings. The molecule has 2 rings (SSSR count). The van der Waals surface area contributed by atoms with E-state index in [0.717, 1.165) is 38.4 Å². The van der Waals surface area contributed by atoms with Crippen molar-refractivity contribution < 1.29 is 14.3 Å². The fourth-order valence-corrected chi connectivity index (χ4v) is 2.90. The van der Waals surface area contributed by atoms with Crippen LogP contribution in [0.1, 0.15) is 38.1 Å². The van der Waals surface area contributed by atoms with Crippen LogP contribution in [0.3, 0.4) is 0 Å². The molecule has 0 aromatic heterocycles. The topological polar surface area (TPSA) is 73.9 Å². The molecule has 7 heteroatoms. The summed E-state index contributed by atoms with van der Waals surface area (Å²) in [6.45, 7) is 13.5. The van der Waals surface area contributed by atoms with Crippen molar-refractivity contribution in [3.63, 3.8) is 0 Å². The Morgan fingerprint density at radius 1 is 1.00 bits per heavy atom. The van der Waals surface area contributed by atoms with Crippen LogP contribution in [0.25, 0.3) is 0 Å². The summed E-state index contributed by atoms with van der Waals surface area (Å²) in [5, 5.41) is 5.42. The Balaban J connectivity index is 1.73. The number of nitrogens with zero attached hydrogens (tertiary/aromatic N) is 2. The maximum absolute atomic E-state index is 12.2. The maximum Gasteiger partial charge on any atom is 0.407 e. The molecule has 0 unspecified atom stereocenters. The minimum atomic E-state index is -0.530. The SMILES string of the molecule is CCN1CCN(c2ccc(C(=O)NCCNC(=O)OC(C)(C)C)cc2)CC1. The Labute approximate surface area is 162 Å². The zero-order chi connectivity index (χ0) is 19.9. The lowest BCUT2D eigenvalue weighted by molar-refractivity contribution is 0.0526. The number of carbonyl (C=O) groups is 2. The zero-order valence-corrected chi connectivity index (χ0v) is 16.9. The lowest BCUT2D eigenvalue weighted by Gasteiger charge is -2.35. The highest BCUT2D eigenvalue weighted by Gasteiger charge is 2.17. The van der Waals surface area contributed by atoms with Crippen LogP contribution >= 0.6 is 0 Å². The molecule has 2 amide bonds. The van der Waals surface area contributed by atoms with Crippen molar-refractivity contribution in [1.82, 2.24) is 15.5 Å². The van der Waals surface area contributed by atoms with E-state index in [9.17, 15) is 9.59 Å². The quantitative estimate of drug-likeness (QED) is 0.744. The van der Waals surface area contributed by atoms with Gasteiger partial charge in [-0.15, -0.1) is 0 Å². The molecule has 0 radical (unpaired) electrons. The van der Waals surface area contributed by atoms with Crippen LogP contribution in [0.15, 0.2) is 24.3 Å². The van der Waals surface area contributed by atoms with Crippen LogP contribution in [0, 0.1) is 0 Å². The predicted octanol–water partition coefficient (Wildman–Crippen LogP) is 2.08. The summed E-state index contributed by atoms with van der Waals surface area (Å²) in [4.78, 5) is 28.5. The van der Waals surface area contributed by atoms with Gasteiger partial charge in [0.25, 0.3) is 5.91 Å². The van der Waals surface area contributed by atoms with E-state index in [4.69, 9.17) is 4.74 Å². The lowest BCUT2D eigenvalue weighted by Crippen LogP contribution is -2.46. The summed E-state index contributed by atoms with van der Waals surface area (Å²) in [6.07, 6.45) is -0.482. The van der Waals surface area contributed by atoms with Crippen LogP contribution in [-0.2, 0) is 4.74 Å². The van der Waals surface area contributed by atoms with Gasteiger partial charge in [-0.1, -0.05) is 6.92 Å². The first-order chi connectivity index (χ1) is 12.8. The van der Waals surface area contributed by atoms with Gasteiger partial charge in [0, 0.05) is 50.5 Å². The second kappa shape index (κ2) is 9.60. The minimum Gasteiger partial charge on any atom is -0.444 e. The average Bonchev–Trinajstić information content (AvgIpc) is 2.64. The molecular weight excluding hydrogens is 344 g/mol. The number of amides is 2. The molecule has 0 saturated carbocycles. The molecule has 0 bridgehead atoms. The van der Waals surface area contributed by atoms with Gasteiger partial charge >= 0.3 is 6.09 Å². The van der Waals surface area contributed by atoms with E-state index in [0.29, 0.717) is 18.7 Å². The highest BCUT2D eigenvalue weighted by atomic mass is 16.6. The number of anilines is 1. The monoisotopic (exact) mass is 376 g/mol. The smallest absolute Gasteiger partial charge is 0.407 e. The molecule has 2 N–H and O–H groups in total. The van der Waals surface area contributed by atoms with E-state index < -0.39 is 11.7 Å². The molecule has 1 saturated heterocycles. The zero-order valence-electron chi connectivity index (χ0n) is 16.9. The minimum absolute atomic E-state index is 0.150. The molecule has 0 aliphatic carbocycles. The number of hydrogen-bond acceptors (Lipinski definition) is 5. The summed E-state index contributed by atoms with van der Waals surface area (Å²) < 4.78 is 5.14. The molecule has 0 spiro atoms. The van der Waals surface area contributed by atoms with Crippen molar-refractivity contribution in [3.05, 3.63) is 29.8 Å². The molecule has 1 aliphatic rings. The van der Waals surface area contributed by atoms with Crippen molar-refractivity contribution in [1.29, 1.82) is 0 Å². The normalized spacial score (nSPS) is 15.3. The Bertz CT molecular complexity index is 617. The highest BCUT2D eigenvalue weighted by Crippen LogP contribution is 2.17. The van der Waals surface area contributed by atoms with Gasteiger partial charge < -0.3 is 25.2 Å². The third kappa shape index (κ3) is 7.09. The van der Waals surface area contributed by atoms with Gasteiger partial charge in [-0.05, 0) is 51.6 Å². The van der Waals surface area contributed by atoms with E-state index in [1.54, 1.807) is 0 Å². The number of ether oxygens (including phenoxy) is 1. The van der Waals surface area contributed by atoms with Gasteiger partial charge in [-0.3, -0.25) is 4.79 Å². The first-order valence-corrected chi connectivity index (χ1v) is 9.61. The molecular formula is C20H32N4O3. The number of piperazine rings is 1. The van der Waals surface area contributed by atoms with E-state index in [2.05, 4.69) is 27.4 Å². The number of carbonyl (C=O) groups excluding carboxylic acids is 2. The standard InChI is InChI=1S/C20H32N4O3/c1-5-23-12-14-24(15-13-23)17-8-6-16(7-9-17)18(25)21-10-11-22-19(26)27-20(2,3)4/h6-9H,5,10-15H2,1-4H3,(H,21,25)(H,22,26). The number of likely N-dealkylation sites (N-methyl/N-ethyl adjacent to an activating group) is 1. The first kappa shape index (κ1) is 21.0. The fourth-order valence-electron chi connectivity index (χ4n) is 2.90. The molecule has 1 heterocycles. The Hall–Kier alpha value is -2.28. The van der Waals surface area contributed by atoms with Crippen LogP contribution in [0.2, 0.25) is 0 Å². The summed E-state index contributed by atoms with van der Waals surface area (Å²) in [5.74, 6) is -0.150. The van der Waals surface area contributed by atoms with Crippen LogP contribution in [0.5, 0.6) is 0 Å². The summed E-state index contributed by atoms with van der Waals surface area (Å²) in [7, 11) is 0. The predicted molar refractivity (Wildman–Crippen MR) is 107 cm³/mol. The molecule has 1 aliphatic heterocycles. The van der Waals surface area contributed by atoms with Crippen LogP contribution in [0.4, 0.5) is 10.5 Å². The molecule has 0 atom stereocenters. The van der Waals surface area contributed by atoms with Gasteiger partial charge in [0.05, 0.1) is 0 Å². The molecule has 1 aromatic rings. The summed E-state index contributed by atoms with van der Waals surface area (Å²) in [6, 6.07) is 7.68. The van der Waals surface area contributed by atoms with Crippen molar-refractivity contribution in [2.24, 2.45) is 0 Å². The average molecular weight is 377 g/mol. The van der Waals surface area contributed by atoms with E-state index in [1.165, 1.54) is 0 Å². The van der Waals surface area contributed by atoms with Crippen molar-refractivity contribution >= 4 is 17.7 Å². The Morgan fingerprint density at radius 3 is 2.15 bits per heavy atom. The third-order valence-electron chi connectivity index (χ3n) is 4.39. The number of rotatable bonds is 6. The van der Waals surface area contributed by atoms with Gasteiger partial charge in [0.15, 0.2) is 0 Å². The van der Waals surface area contributed by atoms with E-state index >= 15 is 0 Å². The largest absolute Gasteiger partial charge is 0.444 e. The van der Waals surface area contributed by atoms with Gasteiger partial charge in [-0.25, -0.2) is 4.79 Å². The van der Waals surface area contributed by atoms with E-state index in [-0.39, 0.29) is 5.91 Å². The molecule has 7 nitrogen and oxygen atoms in total. The molecule has 150 valence electrons. The van der Waals surface area contributed by atoms with Crippen LogP contribution in [-0.4, -0.2) is 68.3 Å². The van der Waals surface area contributed by atoms with Gasteiger partial charge in [0.1, 0.15) is 5.60 Å². The molecule has 1 aromatic carbocycles. The number of hydrogen-bond donors (Lipinski definition) is 2. The van der Waals surface area contributed by atoms with E-state index in [1.807, 2.05) is 45.0 Å². The summed E-state index contributed by atoms with van der Waals surface area (Å²) in [5.41, 5.74) is 1.23. The van der Waals surface area contributed by atoms with Crippen LogP contribution < -0.4 is 15.5 Å². The number of nitrogens with one attached hydrogen (secondary N) is 2.